The second-order valence-corrected chi connectivity index (χ2v) is 4.98. The van der Waals surface area contributed by atoms with Crippen LogP contribution < -0.4 is 4.74 Å². The first-order valence-corrected chi connectivity index (χ1v) is 5.60. The molecule has 2 heteroatoms. The number of hydrogen-bond acceptors (Lipinski definition) is 2. The van der Waals surface area contributed by atoms with Crippen LogP contribution in [0.3, 0.4) is 0 Å². The first-order valence-electron chi connectivity index (χ1n) is 5.60. The SMILES string of the molecule is COc1ccc(C(C)(C)C)cc1CCC=O. The van der Waals surface area contributed by atoms with Crippen molar-refractivity contribution < 1.29 is 9.53 Å². The summed E-state index contributed by atoms with van der Waals surface area (Å²) in [6.07, 6.45) is 2.24. The van der Waals surface area contributed by atoms with Gasteiger partial charge in [0.15, 0.2) is 0 Å². The number of benzene rings is 1. The Morgan fingerprint density at radius 3 is 2.50 bits per heavy atom. The van der Waals surface area contributed by atoms with E-state index in [2.05, 4.69) is 32.9 Å². The van der Waals surface area contributed by atoms with Gasteiger partial charge in [-0.1, -0.05) is 32.9 Å². The molecular formula is C14H20O2. The van der Waals surface area contributed by atoms with Crippen LogP contribution in [0, 0.1) is 0 Å². The molecule has 0 spiro atoms. The molecule has 1 aromatic carbocycles. The summed E-state index contributed by atoms with van der Waals surface area (Å²) in [6, 6.07) is 6.21. The lowest BCUT2D eigenvalue weighted by molar-refractivity contribution is -0.107. The van der Waals surface area contributed by atoms with Crippen LogP contribution in [0.5, 0.6) is 5.75 Å². The Kier molecular flexibility index (Phi) is 4.11. The van der Waals surface area contributed by atoms with E-state index in [9.17, 15) is 4.79 Å². The number of ether oxygens (including phenoxy) is 1. The molecule has 0 heterocycles. The van der Waals surface area contributed by atoms with Crippen LogP contribution >= 0.6 is 0 Å². The fourth-order valence-corrected chi connectivity index (χ4v) is 1.65. The Balaban J connectivity index is 3.05. The van der Waals surface area contributed by atoms with Crippen molar-refractivity contribution in [3.8, 4) is 5.75 Å². The van der Waals surface area contributed by atoms with Gasteiger partial charge in [-0.05, 0) is 29.0 Å². The maximum atomic E-state index is 10.4. The Morgan fingerprint density at radius 2 is 2.00 bits per heavy atom. The Labute approximate surface area is 97.6 Å². The first-order chi connectivity index (χ1) is 7.49. The number of carbonyl (C=O) groups excluding carboxylic acids is 1. The van der Waals surface area contributed by atoms with E-state index in [0.717, 1.165) is 24.0 Å². The second kappa shape index (κ2) is 5.15. The van der Waals surface area contributed by atoms with Crippen LogP contribution in [0.2, 0.25) is 0 Å². The summed E-state index contributed by atoms with van der Waals surface area (Å²) >= 11 is 0. The second-order valence-electron chi connectivity index (χ2n) is 4.98. The molecule has 1 aromatic rings. The quantitative estimate of drug-likeness (QED) is 0.729. The molecule has 0 bridgehead atoms. The predicted octanol–water partition coefficient (Wildman–Crippen LogP) is 3.12. The molecule has 88 valence electrons. The van der Waals surface area contributed by atoms with E-state index in [0.29, 0.717) is 6.42 Å². The number of rotatable bonds is 4. The zero-order chi connectivity index (χ0) is 12.2. The fourth-order valence-electron chi connectivity index (χ4n) is 1.65. The minimum absolute atomic E-state index is 0.127. The van der Waals surface area contributed by atoms with Gasteiger partial charge in [0, 0.05) is 6.42 Å². The van der Waals surface area contributed by atoms with Gasteiger partial charge in [0.25, 0.3) is 0 Å². The molecule has 0 aliphatic rings. The number of aldehydes is 1. The number of hydrogen-bond donors (Lipinski definition) is 0. The van der Waals surface area contributed by atoms with Gasteiger partial charge >= 0.3 is 0 Å². The van der Waals surface area contributed by atoms with Crippen molar-refractivity contribution in [2.45, 2.75) is 39.0 Å². The molecule has 0 amide bonds. The Morgan fingerprint density at radius 1 is 1.31 bits per heavy atom. The number of aryl methyl sites for hydroxylation is 1. The molecule has 0 aliphatic heterocycles. The van der Waals surface area contributed by atoms with Crippen LogP contribution in [0.25, 0.3) is 0 Å². The van der Waals surface area contributed by atoms with Gasteiger partial charge in [-0.2, -0.15) is 0 Å². The van der Waals surface area contributed by atoms with E-state index in [4.69, 9.17) is 4.74 Å². The third kappa shape index (κ3) is 3.09. The van der Waals surface area contributed by atoms with Gasteiger partial charge in [0.05, 0.1) is 7.11 Å². The maximum Gasteiger partial charge on any atom is 0.122 e. The van der Waals surface area contributed by atoms with E-state index in [1.54, 1.807) is 7.11 Å². The van der Waals surface area contributed by atoms with Crippen LogP contribution in [0.15, 0.2) is 18.2 Å². The van der Waals surface area contributed by atoms with Crippen LogP contribution in [0.1, 0.15) is 38.3 Å². The molecule has 1 rings (SSSR count). The Hall–Kier alpha value is -1.31. The minimum atomic E-state index is 0.127. The third-order valence-corrected chi connectivity index (χ3v) is 2.68. The molecule has 0 N–H and O–H groups in total. The molecule has 0 unspecified atom stereocenters. The van der Waals surface area contributed by atoms with E-state index in [1.165, 1.54) is 5.56 Å². The average molecular weight is 220 g/mol. The van der Waals surface area contributed by atoms with Crippen molar-refractivity contribution in [2.75, 3.05) is 7.11 Å². The standard InChI is InChI=1S/C14H20O2/c1-14(2,3)12-7-8-13(16-4)11(10-12)6-5-9-15/h7-10H,5-6H2,1-4H3. The van der Waals surface area contributed by atoms with E-state index in [1.807, 2.05) is 6.07 Å². The fraction of sp³-hybridized carbons (Fsp3) is 0.500. The predicted molar refractivity (Wildman–Crippen MR) is 66.1 cm³/mol. The van der Waals surface area contributed by atoms with Crippen molar-refractivity contribution in [1.29, 1.82) is 0 Å². The molecule has 2 nitrogen and oxygen atoms in total. The summed E-state index contributed by atoms with van der Waals surface area (Å²) in [7, 11) is 1.66. The third-order valence-electron chi connectivity index (χ3n) is 2.68. The molecule has 0 aliphatic carbocycles. The molecule has 16 heavy (non-hydrogen) atoms. The topological polar surface area (TPSA) is 26.3 Å². The zero-order valence-electron chi connectivity index (χ0n) is 10.5. The lowest BCUT2D eigenvalue weighted by atomic mass is 9.85. The van der Waals surface area contributed by atoms with Crippen molar-refractivity contribution >= 4 is 6.29 Å². The highest BCUT2D eigenvalue weighted by molar-refractivity contribution is 5.51. The van der Waals surface area contributed by atoms with E-state index >= 15 is 0 Å². The summed E-state index contributed by atoms with van der Waals surface area (Å²) in [5.41, 5.74) is 2.51. The first kappa shape index (κ1) is 12.8. The van der Waals surface area contributed by atoms with Crippen LogP contribution in [0.4, 0.5) is 0 Å². The van der Waals surface area contributed by atoms with E-state index in [-0.39, 0.29) is 5.41 Å². The highest BCUT2D eigenvalue weighted by atomic mass is 16.5. The monoisotopic (exact) mass is 220 g/mol. The number of carbonyl (C=O) groups is 1. The lowest BCUT2D eigenvalue weighted by Gasteiger charge is -2.21. The molecular weight excluding hydrogens is 200 g/mol. The van der Waals surface area contributed by atoms with Crippen molar-refractivity contribution in [3.63, 3.8) is 0 Å². The van der Waals surface area contributed by atoms with Gasteiger partial charge in [-0.3, -0.25) is 0 Å². The Bertz CT molecular complexity index is 361. The molecule has 0 radical (unpaired) electrons. The molecule has 0 atom stereocenters. The highest BCUT2D eigenvalue weighted by Gasteiger charge is 2.15. The van der Waals surface area contributed by atoms with Gasteiger partial charge in [0.1, 0.15) is 12.0 Å². The van der Waals surface area contributed by atoms with Crippen molar-refractivity contribution in [1.82, 2.24) is 0 Å². The number of methoxy groups -OCH3 is 1. The lowest BCUT2D eigenvalue weighted by Crippen LogP contribution is -2.11. The smallest absolute Gasteiger partial charge is 0.122 e. The molecule has 0 saturated carbocycles. The van der Waals surface area contributed by atoms with Gasteiger partial charge < -0.3 is 9.53 Å². The maximum absolute atomic E-state index is 10.4. The normalized spacial score (nSPS) is 11.2. The van der Waals surface area contributed by atoms with Gasteiger partial charge in [-0.25, -0.2) is 0 Å². The van der Waals surface area contributed by atoms with Crippen molar-refractivity contribution in [3.05, 3.63) is 29.3 Å². The summed E-state index contributed by atoms with van der Waals surface area (Å²) in [5.74, 6) is 0.870. The molecule has 0 fully saturated rings. The molecule has 0 aromatic heterocycles. The summed E-state index contributed by atoms with van der Waals surface area (Å²) < 4.78 is 5.29. The van der Waals surface area contributed by atoms with Crippen LogP contribution in [-0.2, 0) is 16.6 Å². The van der Waals surface area contributed by atoms with Crippen LogP contribution in [-0.4, -0.2) is 13.4 Å². The minimum Gasteiger partial charge on any atom is -0.496 e. The molecule has 0 saturated heterocycles. The summed E-state index contributed by atoms with van der Waals surface area (Å²) in [4.78, 5) is 10.4. The van der Waals surface area contributed by atoms with Crippen molar-refractivity contribution in [2.24, 2.45) is 0 Å². The zero-order valence-corrected chi connectivity index (χ0v) is 10.5. The largest absolute Gasteiger partial charge is 0.496 e. The summed E-state index contributed by atoms with van der Waals surface area (Å²) in [6.45, 7) is 6.54. The van der Waals surface area contributed by atoms with E-state index < -0.39 is 0 Å². The summed E-state index contributed by atoms with van der Waals surface area (Å²) in [5, 5.41) is 0. The highest BCUT2D eigenvalue weighted by Crippen LogP contribution is 2.28. The van der Waals surface area contributed by atoms with Gasteiger partial charge in [-0.15, -0.1) is 0 Å². The van der Waals surface area contributed by atoms with Gasteiger partial charge in [0.2, 0.25) is 0 Å². The average Bonchev–Trinajstić information content (AvgIpc) is 2.24.